The first-order chi connectivity index (χ1) is 11.2. The van der Waals surface area contributed by atoms with Crippen LogP contribution < -0.4 is 10.1 Å². The van der Waals surface area contributed by atoms with E-state index in [4.69, 9.17) is 4.74 Å². The molecule has 0 unspecified atom stereocenters. The summed E-state index contributed by atoms with van der Waals surface area (Å²) < 4.78 is 7.06. The molecule has 1 heterocycles. The minimum atomic E-state index is -0.212. The molecule has 1 N–H and O–H groups in total. The number of para-hydroxylation sites is 1. The standard InChI is InChI=1S/C17H13BrN2O2S/c1-22-14-8-6-11(10-12(14)18)7-9-16(21)20-17-19-13-4-2-3-5-15(13)23-17/h2-10H,1H3,(H,19,20,21)/b9-7+. The lowest BCUT2D eigenvalue weighted by molar-refractivity contribution is -0.111. The number of halogens is 1. The van der Waals surface area contributed by atoms with E-state index in [1.807, 2.05) is 42.5 Å². The molecule has 2 aromatic carbocycles. The van der Waals surface area contributed by atoms with E-state index in [1.165, 1.54) is 17.4 Å². The van der Waals surface area contributed by atoms with Crippen LogP contribution in [0.25, 0.3) is 16.3 Å². The highest BCUT2D eigenvalue weighted by Gasteiger charge is 2.05. The lowest BCUT2D eigenvalue weighted by atomic mass is 10.2. The van der Waals surface area contributed by atoms with E-state index in [0.717, 1.165) is 26.0 Å². The van der Waals surface area contributed by atoms with Crippen LogP contribution in [0.3, 0.4) is 0 Å². The number of rotatable bonds is 4. The fraction of sp³-hybridized carbons (Fsp3) is 0.0588. The van der Waals surface area contributed by atoms with E-state index in [-0.39, 0.29) is 5.91 Å². The summed E-state index contributed by atoms with van der Waals surface area (Å²) in [7, 11) is 1.61. The summed E-state index contributed by atoms with van der Waals surface area (Å²) in [5.74, 6) is 0.539. The van der Waals surface area contributed by atoms with Gasteiger partial charge in [-0.15, -0.1) is 0 Å². The van der Waals surface area contributed by atoms with Gasteiger partial charge in [0, 0.05) is 6.08 Å². The number of nitrogens with zero attached hydrogens (tertiary/aromatic N) is 1. The maximum atomic E-state index is 12.0. The molecule has 0 aliphatic rings. The first kappa shape index (κ1) is 15.7. The van der Waals surface area contributed by atoms with Gasteiger partial charge in [-0.05, 0) is 51.8 Å². The van der Waals surface area contributed by atoms with Crippen LogP contribution in [0.5, 0.6) is 5.75 Å². The molecule has 1 aromatic heterocycles. The lowest BCUT2D eigenvalue weighted by Crippen LogP contribution is -2.07. The number of ether oxygens (including phenoxy) is 1. The number of anilines is 1. The zero-order chi connectivity index (χ0) is 16.2. The molecule has 116 valence electrons. The van der Waals surface area contributed by atoms with Crippen molar-refractivity contribution in [2.75, 3.05) is 12.4 Å². The number of nitrogens with one attached hydrogen (secondary N) is 1. The third-order valence-electron chi connectivity index (χ3n) is 3.13. The Morgan fingerprint density at radius 3 is 2.87 bits per heavy atom. The number of thiazole rings is 1. The molecule has 0 aliphatic heterocycles. The van der Waals surface area contributed by atoms with E-state index < -0.39 is 0 Å². The summed E-state index contributed by atoms with van der Waals surface area (Å²) in [4.78, 5) is 16.4. The summed E-state index contributed by atoms with van der Waals surface area (Å²) in [5, 5.41) is 3.38. The minimum Gasteiger partial charge on any atom is -0.496 e. The Kier molecular flexibility index (Phi) is 4.73. The minimum absolute atomic E-state index is 0.212. The van der Waals surface area contributed by atoms with E-state index in [0.29, 0.717) is 5.13 Å². The number of carbonyl (C=O) groups is 1. The van der Waals surface area contributed by atoms with Crippen molar-refractivity contribution in [2.45, 2.75) is 0 Å². The Labute approximate surface area is 145 Å². The second kappa shape index (κ2) is 6.93. The summed E-state index contributed by atoms with van der Waals surface area (Å²) >= 11 is 4.87. The van der Waals surface area contributed by atoms with Gasteiger partial charge in [0.1, 0.15) is 5.75 Å². The first-order valence-electron chi connectivity index (χ1n) is 6.84. The van der Waals surface area contributed by atoms with Crippen molar-refractivity contribution in [2.24, 2.45) is 0 Å². The van der Waals surface area contributed by atoms with Crippen LogP contribution in [0.15, 0.2) is 53.0 Å². The highest BCUT2D eigenvalue weighted by molar-refractivity contribution is 9.10. The van der Waals surface area contributed by atoms with Crippen LogP contribution in [0.2, 0.25) is 0 Å². The third kappa shape index (κ3) is 3.78. The van der Waals surface area contributed by atoms with Gasteiger partial charge in [0.05, 0.1) is 21.8 Å². The second-order valence-electron chi connectivity index (χ2n) is 4.70. The first-order valence-corrected chi connectivity index (χ1v) is 8.45. The number of amides is 1. The molecular weight excluding hydrogens is 376 g/mol. The molecular formula is C17H13BrN2O2S. The molecule has 23 heavy (non-hydrogen) atoms. The van der Waals surface area contributed by atoms with E-state index in [1.54, 1.807) is 13.2 Å². The Hall–Kier alpha value is -2.18. The predicted molar refractivity (Wildman–Crippen MR) is 98.0 cm³/mol. The molecule has 3 aromatic rings. The summed E-state index contributed by atoms with van der Waals surface area (Å²) in [5.41, 5.74) is 1.79. The molecule has 0 radical (unpaired) electrons. The van der Waals surface area contributed by atoms with Crippen molar-refractivity contribution in [3.8, 4) is 5.75 Å². The van der Waals surface area contributed by atoms with Gasteiger partial charge in [0.15, 0.2) is 5.13 Å². The fourth-order valence-corrected chi connectivity index (χ4v) is 3.46. The second-order valence-corrected chi connectivity index (χ2v) is 6.59. The molecule has 0 bridgehead atoms. The smallest absolute Gasteiger partial charge is 0.250 e. The Morgan fingerprint density at radius 1 is 1.30 bits per heavy atom. The van der Waals surface area contributed by atoms with Gasteiger partial charge in [0.25, 0.3) is 0 Å². The molecule has 1 amide bonds. The zero-order valence-corrected chi connectivity index (χ0v) is 14.6. The zero-order valence-electron chi connectivity index (χ0n) is 12.2. The highest BCUT2D eigenvalue weighted by atomic mass is 79.9. The highest BCUT2D eigenvalue weighted by Crippen LogP contribution is 2.27. The fourth-order valence-electron chi connectivity index (χ4n) is 2.03. The molecule has 4 nitrogen and oxygen atoms in total. The van der Waals surface area contributed by atoms with Crippen LogP contribution in [0, 0.1) is 0 Å². The maximum Gasteiger partial charge on any atom is 0.250 e. The van der Waals surface area contributed by atoms with Crippen LogP contribution in [0.4, 0.5) is 5.13 Å². The lowest BCUT2D eigenvalue weighted by Gasteiger charge is -2.03. The third-order valence-corrected chi connectivity index (χ3v) is 4.70. The molecule has 0 fully saturated rings. The number of carbonyl (C=O) groups excluding carboxylic acids is 1. The Bertz CT molecular complexity index is 856. The average Bonchev–Trinajstić information content (AvgIpc) is 2.95. The van der Waals surface area contributed by atoms with Crippen molar-refractivity contribution in [3.63, 3.8) is 0 Å². The van der Waals surface area contributed by atoms with E-state index in [2.05, 4.69) is 26.2 Å². The van der Waals surface area contributed by atoms with Crippen molar-refractivity contribution in [1.82, 2.24) is 4.98 Å². The molecule has 0 saturated carbocycles. The number of methoxy groups -OCH3 is 1. The number of fused-ring (bicyclic) bond motifs is 1. The summed E-state index contributed by atoms with van der Waals surface area (Å²) in [6.45, 7) is 0. The van der Waals surface area contributed by atoms with Crippen molar-refractivity contribution < 1.29 is 9.53 Å². The normalized spacial score (nSPS) is 11.0. The van der Waals surface area contributed by atoms with Crippen LogP contribution in [-0.2, 0) is 4.79 Å². The maximum absolute atomic E-state index is 12.0. The van der Waals surface area contributed by atoms with Crippen molar-refractivity contribution >= 4 is 54.6 Å². The van der Waals surface area contributed by atoms with E-state index >= 15 is 0 Å². The van der Waals surface area contributed by atoms with Gasteiger partial charge >= 0.3 is 0 Å². The molecule has 6 heteroatoms. The van der Waals surface area contributed by atoms with Crippen LogP contribution in [-0.4, -0.2) is 18.0 Å². The van der Waals surface area contributed by atoms with Crippen LogP contribution in [0.1, 0.15) is 5.56 Å². The summed E-state index contributed by atoms with van der Waals surface area (Å²) in [6.07, 6.45) is 3.23. The number of benzene rings is 2. The molecule has 0 aliphatic carbocycles. The van der Waals surface area contributed by atoms with Gasteiger partial charge in [-0.25, -0.2) is 4.98 Å². The number of aromatic nitrogens is 1. The van der Waals surface area contributed by atoms with Gasteiger partial charge in [-0.3, -0.25) is 10.1 Å². The van der Waals surface area contributed by atoms with Gasteiger partial charge in [-0.1, -0.05) is 29.5 Å². The molecule has 0 saturated heterocycles. The number of hydrogen-bond donors (Lipinski definition) is 1. The van der Waals surface area contributed by atoms with Crippen LogP contribution >= 0.6 is 27.3 Å². The largest absolute Gasteiger partial charge is 0.496 e. The molecule has 0 atom stereocenters. The number of hydrogen-bond acceptors (Lipinski definition) is 4. The van der Waals surface area contributed by atoms with E-state index in [9.17, 15) is 4.79 Å². The summed E-state index contributed by atoms with van der Waals surface area (Å²) in [6, 6.07) is 13.4. The monoisotopic (exact) mass is 388 g/mol. The topological polar surface area (TPSA) is 51.2 Å². The van der Waals surface area contributed by atoms with Gasteiger partial charge < -0.3 is 4.74 Å². The van der Waals surface area contributed by atoms with Gasteiger partial charge in [-0.2, -0.15) is 0 Å². The quantitative estimate of drug-likeness (QED) is 0.657. The average molecular weight is 389 g/mol. The Morgan fingerprint density at radius 2 is 2.13 bits per heavy atom. The predicted octanol–water partition coefficient (Wildman–Crippen LogP) is 4.72. The van der Waals surface area contributed by atoms with Crippen molar-refractivity contribution in [1.29, 1.82) is 0 Å². The SMILES string of the molecule is COc1ccc(/C=C/C(=O)Nc2nc3ccccc3s2)cc1Br. The Balaban J connectivity index is 1.70. The molecule has 3 rings (SSSR count). The van der Waals surface area contributed by atoms with Crippen molar-refractivity contribution in [3.05, 3.63) is 58.6 Å². The molecule has 0 spiro atoms. The van der Waals surface area contributed by atoms with Gasteiger partial charge in [0.2, 0.25) is 5.91 Å².